The molecule has 0 aliphatic rings. The molecule has 1 amide bonds. The van der Waals surface area contributed by atoms with E-state index in [1.807, 2.05) is 0 Å². The maximum absolute atomic E-state index is 11.4. The summed E-state index contributed by atoms with van der Waals surface area (Å²) in [5, 5.41) is 14.0. The molecule has 4 N–H and O–H groups in total. The van der Waals surface area contributed by atoms with E-state index in [0.29, 0.717) is 25.3 Å². The Morgan fingerprint density at radius 1 is 1.50 bits per heavy atom. The Morgan fingerprint density at radius 2 is 2.19 bits per heavy atom. The quantitative estimate of drug-likeness (QED) is 0.193. The molecule has 0 aromatic heterocycles. The zero-order valence-electron chi connectivity index (χ0n) is 10.2. The van der Waals surface area contributed by atoms with Crippen LogP contribution < -0.4 is 11.1 Å². The summed E-state index contributed by atoms with van der Waals surface area (Å²) in [6.45, 7) is 4.81. The Hall–Kier alpha value is -1.26. The molecule has 5 heteroatoms. The van der Waals surface area contributed by atoms with Gasteiger partial charge in [-0.1, -0.05) is 25.4 Å². The van der Waals surface area contributed by atoms with Gasteiger partial charge in [0.05, 0.1) is 0 Å². The lowest BCUT2D eigenvalue weighted by Gasteiger charge is -2.08. The van der Waals surface area contributed by atoms with E-state index in [-0.39, 0.29) is 11.7 Å². The summed E-state index contributed by atoms with van der Waals surface area (Å²) in [6, 6.07) is 0. The number of nitrogens with zero attached hydrogens (tertiary/aromatic N) is 1. The van der Waals surface area contributed by atoms with Crippen molar-refractivity contribution in [2.45, 2.75) is 46.0 Å². The molecule has 5 nitrogen and oxygen atoms in total. The first-order chi connectivity index (χ1) is 7.60. The van der Waals surface area contributed by atoms with Gasteiger partial charge in [-0.3, -0.25) is 4.79 Å². The zero-order chi connectivity index (χ0) is 12.4. The maximum atomic E-state index is 11.4. The van der Waals surface area contributed by atoms with Gasteiger partial charge >= 0.3 is 0 Å². The predicted octanol–water partition coefficient (Wildman–Crippen LogP) is 1.46. The highest BCUT2D eigenvalue weighted by molar-refractivity contribution is 5.79. The van der Waals surface area contributed by atoms with Crippen LogP contribution in [0.3, 0.4) is 0 Å². The van der Waals surface area contributed by atoms with Crippen LogP contribution in [0.15, 0.2) is 5.16 Å². The number of amidine groups is 1. The number of hydrogen-bond acceptors (Lipinski definition) is 3. The smallest absolute Gasteiger partial charge is 0.220 e. The van der Waals surface area contributed by atoms with Crippen LogP contribution in [-0.2, 0) is 4.79 Å². The van der Waals surface area contributed by atoms with E-state index in [1.54, 1.807) is 0 Å². The summed E-state index contributed by atoms with van der Waals surface area (Å²) in [6.07, 6.45) is 3.85. The van der Waals surface area contributed by atoms with Crippen molar-refractivity contribution in [3.63, 3.8) is 0 Å². The molecule has 0 aliphatic carbocycles. The predicted molar refractivity (Wildman–Crippen MR) is 64.3 cm³/mol. The first-order valence-electron chi connectivity index (χ1n) is 5.83. The molecule has 0 rings (SSSR count). The Kier molecular flexibility index (Phi) is 8.29. The summed E-state index contributed by atoms with van der Waals surface area (Å²) in [7, 11) is 0. The first-order valence-corrected chi connectivity index (χ1v) is 5.83. The first kappa shape index (κ1) is 14.7. The summed E-state index contributed by atoms with van der Waals surface area (Å²) in [5.41, 5.74) is 5.31. The van der Waals surface area contributed by atoms with E-state index in [9.17, 15) is 4.79 Å². The lowest BCUT2D eigenvalue weighted by atomic mass is 10.1. The minimum absolute atomic E-state index is 0.109. The van der Waals surface area contributed by atoms with Gasteiger partial charge in [-0.15, -0.1) is 0 Å². The van der Waals surface area contributed by atoms with E-state index in [2.05, 4.69) is 24.3 Å². The minimum atomic E-state index is 0.109. The van der Waals surface area contributed by atoms with Gasteiger partial charge in [0, 0.05) is 19.4 Å². The van der Waals surface area contributed by atoms with Crippen molar-refractivity contribution in [2.24, 2.45) is 16.8 Å². The Morgan fingerprint density at radius 3 is 2.75 bits per heavy atom. The van der Waals surface area contributed by atoms with Gasteiger partial charge in [0.2, 0.25) is 5.91 Å². The highest BCUT2D eigenvalue weighted by Crippen LogP contribution is 2.05. The van der Waals surface area contributed by atoms with Crippen LogP contribution in [0.4, 0.5) is 0 Å². The molecule has 94 valence electrons. The molecule has 0 aromatic rings. The molecule has 0 heterocycles. The van der Waals surface area contributed by atoms with Gasteiger partial charge in [-0.25, -0.2) is 0 Å². The van der Waals surface area contributed by atoms with Gasteiger partial charge in [0.1, 0.15) is 5.84 Å². The van der Waals surface area contributed by atoms with Crippen LogP contribution >= 0.6 is 0 Å². The zero-order valence-corrected chi connectivity index (χ0v) is 10.2. The van der Waals surface area contributed by atoms with Crippen molar-refractivity contribution in [3.05, 3.63) is 0 Å². The molecule has 0 saturated carbocycles. The van der Waals surface area contributed by atoms with E-state index in [1.165, 1.54) is 0 Å². The monoisotopic (exact) mass is 229 g/mol. The number of rotatable bonds is 8. The summed E-state index contributed by atoms with van der Waals surface area (Å²) in [4.78, 5) is 11.4. The second-order valence-electron chi connectivity index (χ2n) is 4.12. The van der Waals surface area contributed by atoms with Crippen molar-refractivity contribution in [1.29, 1.82) is 0 Å². The third-order valence-corrected chi connectivity index (χ3v) is 2.54. The van der Waals surface area contributed by atoms with Gasteiger partial charge < -0.3 is 16.3 Å². The second-order valence-corrected chi connectivity index (χ2v) is 4.12. The maximum Gasteiger partial charge on any atom is 0.220 e. The molecular formula is C11H23N3O2. The molecular weight excluding hydrogens is 206 g/mol. The Bertz CT molecular complexity index is 229. The van der Waals surface area contributed by atoms with Gasteiger partial charge in [0.15, 0.2) is 0 Å². The molecule has 0 aliphatic heterocycles. The number of nitrogens with two attached hydrogens (primary N) is 1. The topological polar surface area (TPSA) is 87.7 Å². The molecule has 1 unspecified atom stereocenters. The van der Waals surface area contributed by atoms with Crippen LogP contribution in [0.1, 0.15) is 46.0 Å². The second kappa shape index (κ2) is 9.00. The van der Waals surface area contributed by atoms with Crippen molar-refractivity contribution < 1.29 is 10.0 Å². The standard InChI is InChI=1S/C11H23N3O2/c1-3-9(2)8-11(15)13-7-5-4-6-10(12)14-16/h9,16H,3-8H2,1-2H3,(H2,12,14)(H,13,15). The van der Waals surface area contributed by atoms with E-state index >= 15 is 0 Å². The lowest BCUT2D eigenvalue weighted by Crippen LogP contribution is -2.26. The number of carbonyl (C=O) groups excluding carboxylic acids is 1. The van der Waals surface area contributed by atoms with E-state index < -0.39 is 0 Å². The summed E-state index contributed by atoms with van der Waals surface area (Å²) >= 11 is 0. The number of unbranched alkanes of at least 4 members (excludes halogenated alkanes) is 1. The molecule has 1 atom stereocenters. The van der Waals surface area contributed by atoms with Crippen molar-refractivity contribution >= 4 is 11.7 Å². The molecule has 0 radical (unpaired) electrons. The fourth-order valence-electron chi connectivity index (χ4n) is 1.24. The third kappa shape index (κ3) is 8.08. The highest BCUT2D eigenvalue weighted by Gasteiger charge is 2.05. The normalized spacial score (nSPS) is 13.5. The fourth-order valence-corrected chi connectivity index (χ4v) is 1.24. The molecule has 0 aromatic carbocycles. The third-order valence-electron chi connectivity index (χ3n) is 2.54. The number of amides is 1. The number of nitrogens with one attached hydrogen (secondary N) is 1. The molecule has 0 bridgehead atoms. The highest BCUT2D eigenvalue weighted by atomic mass is 16.4. The van der Waals surface area contributed by atoms with Gasteiger partial charge in [0.25, 0.3) is 0 Å². The Balaban J connectivity index is 3.41. The van der Waals surface area contributed by atoms with Crippen LogP contribution in [0.2, 0.25) is 0 Å². The average Bonchev–Trinajstić information content (AvgIpc) is 2.27. The van der Waals surface area contributed by atoms with Gasteiger partial charge in [-0.05, 0) is 18.8 Å². The Labute approximate surface area is 97.1 Å². The average molecular weight is 229 g/mol. The van der Waals surface area contributed by atoms with Gasteiger partial charge in [-0.2, -0.15) is 0 Å². The fraction of sp³-hybridized carbons (Fsp3) is 0.818. The summed E-state index contributed by atoms with van der Waals surface area (Å²) in [5.74, 6) is 0.793. The molecule has 0 saturated heterocycles. The van der Waals surface area contributed by atoms with Crippen molar-refractivity contribution in [1.82, 2.24) is 5.32 Å². The number of hydrogen-bond donors (Lipinski definition) is 3. The molecule has 0 fully saturated rings. The largest absolute Gasteiger partial charge is 0.409 e. The SMILES string of the molecule is CCC(C)CC(=O)NCCCCC(N)=NO. The van der Waals surface area contributed by atoms with Crippen molar-refractivity contribution in [3.8, 4) is 0 Å². The summed E-state index contributed by atoms with van der Waals surface area (Å²) < 4.78 is 0. The van der Waals surface area contributed by atoms with Crippen LogP contribution in [-0.4, -0.2) is 23.5 Å². The lowest BCUT2D eigenvalue weighted by molar-refractivity contribution is -0.121. The number of oxime groups is 1. The van der Waals surface area contributed by atoms with Crippen LogP contribution in [0.25, 0.3) is 0 Å². The number of carbonyl (C=O) groups is 1. The van der Waals surface area contributed by atoms with Crippen LogP contribution in [0.5, 0.6) is 0 Å². The molecule has 0 spiro atoms. The molecule has 16 heavy (non-hydrogen) atoms. The van der Waals surface area contributed by atoms with E-state index in [0.717, 1.165) is 19.3 Å². The van der Waals surface area contributed by atoms with E-state index in [4.69, 9.17) is 10.9 Å². The van der Waals surface area contributed by atoms with Crippen LogP contribution in [0, 0.1) is 5.92 Å². The van der Waals surface area contributed by atoms with Crippen molar-refractivity contribution in [2.75, 3.05) is 6.54 Å². The minimum Gasteiger partial charge on any atom is -0.409 e.